The highest BCUT2D eigenvalue weighted by Gasteiger charge is 2.12. The Morgan fingerprint density at radius 1 is 1.00 bits per heavy atom. The molecule has 2 aromatic carbocycles. The Labute approximate surface area is 202 Å². The molecule has 0 saturated heterocycles. The van der Waals surface area contributed by atoms with Gasteiger partial charge >= 0.3 is 0 Å². The quantitative estimate of drug-likeness (QED) is 0.278. The fourth-order valence-corrected chi connectivity index (χ4v) is 3.40. The van der Waals surface area contributed by atoms with Crippen molar-refractivity contribution in [1.82, 2.24) is 25.1 Å². The number of carbonyl (C=O) groups is 1. The zero-order valence-corrected chi connectivity index (χ0v) is 19.0. The van der Waals surface area contributed by atoms with Gasteiger partial charge in [-0.15, -0.1) is 15.3 Å². The lowest BCUT2D eigenvalue weighted by Crippen LogP contribution is -2.32. The molecule has 33 heavy (non-hydrogen) atoms. The van der Waals surface area contributed by atoms with Crippen LogP contribution in [0, 0.1) is 5.82 Å². The Morgan fingerprint density at radius 2 is 1.82 bits per heavy atom. The minimum atomic E-state index is -0.391. The van der Waals surface area contributed by atoms with E-state index in [9.17, 15) is 9.18 Å². The Morgan fingerprint density at radius 3 is 2.64 bits per heavy atom. The molecule has 2 heterocycles. The maximum absolute atomic E-state index is 13.6. The molecule has 0 bridgehead atoms. The van der Waals surface area contributed by atoms with Gasteiger partial charge in [-0.2, -0.15) is 4.52 Å². The number of ether oxygens (including phenoxy) is 2. The maximum Gasteiger partial charge on any atom is 0.258 e. The van der Waals surface area contributed by atoms with Crippen molar-refractivity contribution < 1.29 is 18.7 Å². The monoisotopic (exact) mass is 509 g/mol. The molecule has 0 aliphatic carbocycles. The van der Waals surface area contributed by atoms with E-state index < -0.39 is 5.82 Å². The highest BCUT2D eigenvalue weighted by atomic mass is 35.5. The van der Waals surface area contributed by atoms with Crippen LogP contribution in [0.15, 0.2) is 48.5 Å². The average molecular weight is 511 g/mol. The number of nitrogens with one attached hydrogen (secondary N) is 1. The fraction of sp³-hybridized carbons (Fsp3) is 0.143. The van der Waals surface area contributed by atoms with Crippen LogP contribution >= 0.6 is 34.8 Å². The van der Waals surface area contributed by atoms with Crippen molar-refractivity contribution in [1.29, 1.82) is 0 Å². The highest BCUT2D eigenvalue weighted by molar-refractivity contribution is 6.43. The second-order valence-electron chi connectivity index (χ2n) is 6.66. The van der Waals surface area contributed by atoms with Crippen molar-refractivity contribution >= 4 is 46.4 Å². The van der Waals surface area contributed by atoms with E-state index in [1.54, 1.807) is 24.3 Å². The summed E-state index contributed by atoms with van der Waals surface area (Å²) >= 11 is 17.8. The number of halogens is 4. The Hall–Kier alpha value is -3.14. The summed E-state index contributed by atoms with van der Waals surface area (Å²) in [6.45, 7) is 0.0880. The second kappa shape index (κ2) is 10.2. The van der Waals surface area contributed by atoms with Gasteiger partial charge in [0.05, 0.1) is 21.6 Å². The smallest absolute Gasteiger partial charge is 0.258 e. The number of aromatic nitrogens is 4. The molecule has 0 saturated carbocycles. The lowest BCUT2D eigenvalue weighted by molar-refractivity contribution is -0.123. The number of hydrogen-bond donors (Lipinski definition) is 1. The van der Waals surface area contributed by atoms with E-state index in [-0.39, 0.29) is 52.4 Å². The minimum Gasteiger partial charge on any atom is -0.482 e. The van der Waals surface area contributed by atoms with E-state index in [2.05, 4.69) is 20.6 Å². The Kier molecular flexibility index (Phi) is 7.12. The first-order valence-corrected chi connectivity index (χ1v) is 10.7. The number of amides is 1. The molecular formula is C21H15Cl3FN5O3. The topological polar surface area (TPSA) is 90.6 Å². The molecular weight excluding hydrogens is 496 g/mol. The first kappa shape index (κ1) is 23.0. The van der Waals surface area contributed by atoms with E-state index >= 15 is 0 Å². The van der Waals surface area contributed by atoms with Crippen molar-refractivity contribution in [3.8, 4) is 23.0 Å². The molecule has 0 aliphatic rings. The van der Waals surface area contributed by atoms with Gasteiger partial charge in [-0.1, -0.05) is 46.9 Å². The van der Waals surface area contributed by atoms with Crippen LogP contribution in [0.5, 0.6) is 11.6 Å². The summed E-state index contributed by atoms with van der Waals surface area (Å²) in [5, 5.41) is 15.9. The molecule has 0 radical (unpaired) electrons. The molecule has 4 rings (SSSR count). The molecule has 12 heteroatoms. The molecule has 8 nitrogen and oxygen atoms in total. The van der Waals surface area contributed by atoms with Crippen LogP contribution < -0.4 is 14.8 Å². The highest BCUT2D eigenvalue weighted by Crippen LogP contribution is 2.33. The molecule has 1 N–H and O–H groups in total. The Balaban J connectivity index is 1.30. The molecule has 0 aliphatic heterocycles. The van der Waals surface area contributed by atoms with Crippen molar-refractivity contribution in [3.63, 3.8) is 0 Å². The van der Waals surface area contributed by atoms with Gasteiger partial charge in [-0.25, -0.2) is 4.39 Å². The van der Waals surface area contributed by atoms with E-state index in [0.717, 1.165) is 0 Å². The lowest BCUT2D eigenvalue weighted by Gasteiger charge is -2.10. The van der Waals surface area contributed by atoms with Gasteiger partial charge in [0.1, 0.15) is 18.2 Å². The number of rotatable bonds is 8. The predicted molar refractivity (Wildman–Crippen MR) is 122 cm³/mol. The van der Waals surface area contributed by atoms with E-state index in [0.29, 0.717) is 17.0 Å². The number of hydrogen-bond acceptors (Lipinski definition) is 6. The van der Waals surface area contributed by atoms with Gasteiger partial charge < -0.3 is 14.8 Å². The first-order valence-electron chi connectivity index (χ1n) is 9.56. The van der Waals surface area contributed by atoms with Gasteiger partial charge in [0.25, 0.3) is 5.91 Å². The summed E-state index contributed by atoms with van der Waals surface area (Å²) < 4.78 is 26.0. The summed E-state index contributed by atoms with van der Waals surface area (Å²) in [6, 6.07) is 12.1. The molecule has 0 atom stereocenters. The van der Waals surface area contributed by atoms with Gasteiger partial charge in [-0.05, 0) is 24.3 Å². The standard InChI is InChI=1S/C21H15Cl3FN5O3/c22-14-9-16(24)17(10-15(14)23)33-11-19(31)26-6-7-32-20-5-4-18-27-28-21(30(18)29-20)12-2-1-3-13(25)8-12/h1-5,8-10H,6-7,11H2,(H,26,31). The first-order chi connectivity index (χ1) is 15.9. The normalized spacial score (nSPS) is 10.9. The molecule has 1 amide bonds. The molecule has 0 spiro atoms. The second-order valence-corrected chi connectivity index (χ2v) is 7.88. The summed E-state index contributed by atoms with van der Waals surface area (Å²) in [6.07, 6.45) is 0. The third-order valence-electron chi connectivity index (χ3n) is 4.33. The average Bonchev–Trinajstić information content (AvgIpc) is 3.21. The van der Waals surface area contributed by atoms with Crippen LogP contribution in [0.2, 0.25) is 15.1 Å². The summed E-state index contributed by atoms with van der Waals surface area (Å²) in [5.41, 5.74) is 1.01. The summed E-state index contributed by atoms with van der Waals surface area (Å²) in [7, 11) is 0. The van der Waals surface area contributed by atoms with Crippen molar-refractivity contribution in [2.45, 2.75) is 0 Å². The number of fused-ring (bicyclic) bond motifs is 1. The zero-order valence-electron chi connectivity index (χ0n) is 16.8. The van der Waals surface area contributed by atoms with Gasteiger partial charge in [0.2, 0.25) is 5.88 Å². The van der Waals surface area contributed by atoms with E-state index in [1.807, 2.05) is 0 Å². The largest absolute Gasteiger partial charge is 0.482 e. The molecule has 4 aromatic rings. The van der Waals surface area contributed by atoms with Crippen LogP contribution in [0.25, 0.3) is 17.0 Å². The Bertz CT molecular complexity index is 1320. The van der Waals surface area contributed by atoms with Crippen molar-refractivity contribution in [2.75, 3.05) is 19.8 Å². The molecule has 0 fully saturated rings. The van der Waals surface area contributed by atoms with E-state index in [4.69, 9.17) is 44.3 Å². The summed E-state index contributed by atoms with van der Waals surface area (Å²) in [5.74, 6) is 0.140. The van der Waals surface area contributed by atoms with Gasteiger partial charge in [-0.3, -0.25) is 4.79 Å². The molecule has 2 aromatic heterocycles. The van der Waals surface area contributed by atoms with Crippen LogP contribution in [-0.2, 0) is 4.79 Å². The van der Waals surface area contributed by atoms with Crippen molar-refractivity contribution in [3.05, 3.63) is 69.4 Å². The summed E-state index contributed by atoms with van der Waals surface area (Å²) in [4.78, 5) is 12.0. The number of carbonyl (C=O) groups excluding carboxylic acids is 1. The number of benzene rings is 2. The molecule has 0 unspecified atom stereocenters. The number of nitrogens with zero attached hydrogens (tertiary/aromatic N) is 4. The third kappa shape index (κ3) is 5.62. The minimum absolute atomic E-state index is 0.148. The predicted octanol–water partition coefficient (Wildman–Crippen LogP) is 4.46. The fourth-order valence-electron chi connectivity index (χ4n) is 2.81. The molecule has 170 valence electrons. The third-order valence-corrected chi connectivity index (χ3v) is 5.35. The van der Waals surface area contributed by atoms with Crippen LogP contribution in [0.3, 0.4) is 0 Å². The van der Waals surface area contributed by atoms with Crippen LogP contribution in [-0.4, -0.2) is 45.5 Å². The van der Waals surface area contributed by atoms with E-state index in [1.165, 1.54) is 28.8 Å². The maximum atomic E-state index is 13.6. The van der Waals surface area contributed by atoms with Crippen LogP contribution in [0.1, 0.15) is 0 Å². The SMILES string of the molecule is O=C(COc1cc(Cl)c(Cl)cc1Cl)NCCOc1ccc2nnc(-c3cccc(F)c3)n2n1. The van der Waals surface area contributed by atoms with Gasteiger partial charge in [0.15, 0.2) is 18.1 Å². The van der Waals surface area contributed by atoms with Gasteiger partial charge in [0, 0.05) is 17.7 Å². The zero-order chi connectivity index (χ0) is 23.4. The van der Waals surface area contributed by atoms with Crippen molar-refractivity contribution in [2.24, 2.45) is 0 Å². The van der Waals surface area contributed by atoms with Crippen LogP contribution in [0.4, 0.5) is 4.39 Å². The lowest BCUT2D eigenvalue weighted by atomic mass is 10.2.